The quantitative estimate of drug-likeness (QED) is 0.423. The SMILES string of the molecule is C=C(C)/C=C\C(C)C(/C(C)=C\C)C(NC)N(C)C. The molecular weight excluding hydrogens is 220 g/mol. The van der Waals surface area contributed by atoms with Gasteiger partial charge in [-0.05, 0) is 47.8 Å². The summed E-state index contributed by atoms with van der Waals surface area (Å²) in [6.45, 7) is 12.5. The van der Waals surface area contributed by atoms with Gasteiger partial charge in [0.25, 0.3) is 0 Å². The van der Waals surface area contributed by atoms with Crippen molar-refractivity contribution in [3.63, 3.8) is 0 Å². The molecule has 0 amide bonds. The summed E-state index contributed by atoms with van der Waals surface area (Å²) in [5.41, 5.74) is 2.52. The first-order valence-electron chi connectivity index (χ1n) is 6.65. The van der Waals surface area contributed by atoms with E-state index in [0.29, 0.717) is 18.0 Å². The van der Waals surface area contributed by atoms with Crippen LogP contribution < -0.4 is 5.32 Å². The molecule has 0 aliphatic heterocycles. The van der Waals surface area contributed by atoms with Gasteiger partial charge in [0, 0.05) is 5.92 Å². The van der Waals surface area contributed by atoms with Crippen LogP contribution >= 0.6 is 0 Å². The van der Waals surface area contributed by atoms with E-state index in [0.717, 1.165) is 5.57 Å². The van der Waals surface area contributed by atoms with Crippen molar-refractivity contribution in [1.29, 1.82) is 0 Å². The summed E-state index contributed by atoms with van der Waals surface area (Å²) < 4.78 is 0. The molecule has 2 nitrogen and oxygen atoms in total. The summed E-state index contributed by atoms with van der Waals surface area (Å²) in [6, 6.07) is 0. The lowest BCUT2D eigenvalue weighted by Gasteiger charge is -2.35. The maximum atomic E-state index is 3.92. The van der Waals surface area contributed by atoms with Crippen LogP contribution in [-0.4, -0.2) is 32.2 Å². The molecule has 104 valence electrons. The second-order valence-corrected chi connectivity index (χ2v) is 5.32. The molecule has 0 aromatic carbocycles. The normalized spacial score (nSPS) is 18.1. The molecule has 0 aliphatic carbocycles. The van der Waals surface area contributed by atoms with Gasteiger partial charge in [0.15, 0.2) is 0 Å². The van der Waals surface area contributed by atoms with Gasteiger partial charge in [-0.15, -0.1) is 0 Å². The molecule has 0 bridgehead atoms. The number of rotatable bonds is 7. The molecule has 0 fully saturated rings. The van der Waals surface area contributed by atoms with Gasteiger partial charge >= 0.3 is 0 Å². The number of hydrogen-bond donors (Lipinski definition) is 1. The summed E-state index contributed by atoms with van der Waals surface area (Å²) in [5, 5.41) is 3.41. The van der Waals surface area contributed by atoms with E-state index in [-0.39, 0.29) is 0 Å². The molecule has 0 aliphatic rings. The zero-order chi connectivity index (χ0) is 14.3. The Morgan fingerprint density at radius 3 is 2.17 bits per heavy atom. The van der Waals surface area contributed by atoms with Crippen molar-refractivity contribution in [2.75, 3.05) is 21.1 Å². The van der Waals surface area contributed by atoms with Gasteiger partial charge in [-0.3, -0.25) is 4.90 Å². The predicted molar refractivity (Wildman–Crippen MR) is 82.6 cm³/mol. The van der Waals surface area contributed by atoms with Gasteiger partial charge < -0.3 is 5.32 Å². The van der Waals surface area contributed by atoms with Crippen molar-refractivity contribution in [3.8, 4) is 0 Å². The fourth-order valence-corrected chi connectivity index (χ4v) is 2.34. The minimum Gasteiger partial charge on any atom is -0.304 e. The third kappa shape index (κ3) is 5.19. The fourth-order valence-electron chi connectivity index (χ4n) is 2.34. The number of nitrogens with one attached hydrogen (secondary N) is 1. The Bertz CT molecular complexity index is 313. The Balaban J connectivity index is 5.16. The van der Waals surface area contributed by atoms with E-state index in [1.807, 2.05) is 14.0 Å². The van der Waals surface area contributed by atoms with E-state index in [9.17, 15) is 0 Å². The molecular formula is C16H30N2. The smallest absolute Gasteiger partial charge is 0.0662 e. The van der Waals surface area contributed by atoms with Crippen molar-refractivity contribution < 1.29 is 0 Å². The Labute approximate surface area is 113 Å². The molecule has 0 aromatic heterocycles. The third-order valence-corrected chi connectivity index (χ3v) is 3.42. The highest BCUT2D eigenvalue weighted by molar-refractivity contribution is 5.16. The van der Waals surface area contributed by atoms with Crippen LogP contribution in [-0.2, 0) is 0 Å². The molecule has 0 spiro atoms. The first kappa shape index (κ1) is 17.1. The summed E-state index contributed by atoms with van der Waals surface area (Å²) in [6.07, 6.45) is 6.92. The maximum Gasteiger partial charge on any atom is 0.0662 e. The van der Waals surface area contributed by atoms with Crippen LogP contribution in [0.3, 0.4) is 0 Å². The Hall–Kier alpha value is -0.860. The number of hydrogen-bond acceptors (Lipinski definition) is 2. The summed E-state index contributed by atoms with van der Waals surface area (Å²) >= 11 is 0. The highest BCUT2D eigenvalue weighted by Gasteiger charge is 2.27. The minimum atomic E-state index is 0.339. The largest absolute Gasteiger partial charge is 0.304 e. The second kappa shape index (κ2) is 8.28. The summed E-state index contributed by atoms with van der Waals surface area (Å²) in [7, 11) is 6.26. The van der Waals surface area contributed by atoms with Crippen molar-refractivity contribution >= 4 is 0 Å². The van der Waals surface area contributed by atoms with Gasteiger partial charge in [-0.25, -0.2) is 0 Å². The van der Waals surface area contributed by atoms with Crippen molar-refractivity contribution in [2.45, 2.75) is 33.9 Å². The molecule has 1 N–H and O–H groups in total. The molecule has 2 heteroatoms. The maximum absolute atomic E-state index is 3.92. The van der Waals surface area contributed by atoms with Crippen LogP contribution in [0.4, 0.5) is 0 Å². The topological polar surface area (TPSA) is 15.3 Å². The predicted octanol–water partition coefficient (Wildman–Crippen LogP) is 3.44. The van der Waals surface area contributed by atoms with E-state index in [2.05, 4.69) is 69.9 Å². The van der Waals surface area contributed by atoms with E-state index in [1.54, 1.807) is 0 Å². The minimum absolute atomic E-state index is 0.339. The lowest BCUT2D eigenvalue weighted by molar-refractivity contribution is 0.176. The number of nitrogens with zero attached hydrogens (tertiary/aromatic N) is 1. The molecule has 0 rings (SSSR count). The summed E-state index contributed by atoms with van der Waals surface area (Å²) in [5.74, 6) is 0.934. The second-order valence-electron chi connectivity index (χ2n) is 5.32. The lowest BCUT2D eigenvalue weighted by atomic mass is 9.84. The van der Waals surface area contributed by atoms with E-state index < -0.39 is 0 Å². The van der Waals surface area contributed by atoms with Crippen LogP contribution in [0.1, 0.15) is 27.7 Å². The zero-order valence-electron chi connectivity index (χ0n) is 13.1. The van der Waals surface area contributed by atoms with Crippen LogP contribution in [0.2, 0.25) is 0 Å². The van der Waals surface area contributed by atoms with Gasteiger partial charge in [0.1, 0.15) is 0 Å². The standard InChI is InChI=1S/C16H30N2/c1-9-13(4)15(16(17-6)18(7)8)14(5)11-10-12(2)3/h9-11,14-17H,2H2,1,3-8H3/b11-10-,13-9-. The monoisotopic (exact) mass is 250 g/mol. The van der Waals surface area contributed by atoms with Gasteiger partial charge in [-0.1, -0.05) is 42.9 Å². The highest BCUT2D eigenvalue weighted by atomic mass is 15.2. The van der Waals surface area contributed by atoms with Crippen LogP contribution in [0.15, 0.2) is 36.0 Å². The Morgan fingerprint density at radius 1 is 1.28 bits per heavy atom. The average Bonchev–Trinajstić information content (AvgIpc) is 2.31. The van der Waals surface area contributed by atoms with E-state index in [1.165, 1.54) is 5.57 Å². The van der Waals surface area contributed by atoms with E-state index in [4.69, 9.17) is 0 Å². The molecule has 0 heterocycles. The molecule has 0 saturated carbocycles. The molecule has 0 radical (unpaired) electrons. The van der Waals surface area contributed by atoms with Crippen LogP contribution in [0.5, 0.6) is 0 Å². The van der Waals surface area contributed by atoms with Crippen LogP contribution in [0, 0.1) is 11.8 Å². The number of allylic oxidation sites excluding steroid dienone is 4. The molecule has 0 aromatic rings. The van der Waals surface area contributed by atoms with Crippen molar-refractivity contribution in [1.82, 2.24) is 10.2 Å². The molecule has 3 unspecified atom stereocenters. The first-order chi connectivity index (χ1) is 8.34. The van der Waals surface area contributed by atoms with Gasteiger partial charge in [0.05, 0.1) is 6.17 Å². The van der Waals surface area contributed by atoms with Crippen molar-refractivity contribution in [3.05, 3.63) is 36.0 Å². The van der Waals surface area contributed by atoms with E-state index >= 15 is 0 Å². The molecule has 3 atom stereocenters. The highest BCUT2D eigenvalue weighted by Crippen LogP contribution is 2.26. The van der Waals surface area contributed by atoms with Crippen LogP contribution in [0.25, 0.3) is 0 Å². The van der Waals surface area contributed by atoms with Gasteiger partial charge in [-0.2, -0.15) is 0 Å². The molecule has 0 saturated heterocycles. The van der Waals surface area contributed by atoms with Crippen molar-refractivity contribution in [2.24, 2.45) is 11.8 Å². The average molecular weight is 250 g/mol. The lowest BCUT2D eigenvalue weighted by Crippen LogP contribution is -2.47. The third-order valence-electron chi connectivity index (χ3n) is 3.42. The summed E-state index contributed by atoms with van der Waals surface area (Å²) in [4.78, 5) is 2.24. The zero-order valence-corrected chi connectivity index (χ0v) is 13.1. The Kier molecular flexibility index (Phi) is 7.88. The Morgan fingerprint density at radius 2 is 1.83 bits per heavy atom. The fraction of sp³-hybridized carbons (Fsp3) is 0.625. The molecule has 18 heavy (non-hydrogen) atoms. The van der Waals surface area contributed by atoms with Gasteiger partial charge in [0.2, 0.25) is 0 Å². The first-order valence-corrected chi connectivity index (χ1v) is 6.65.